The first kappa shape index (κ1) is 15.7. The molecule has 0 aliphatic heterocycles. The molecule has 1 N–H and O–H groups in total. The number of carbonyl (C=O) groups excluding carboxylic acids is 2. The van der Waals surface area contributed by atoms with E-state index in [9.17, 15) is 9.59 Å². The standard InChI is InChI=1S/C19H16N2O3/c1-12-6-5-8-15(10-12)21-19-16(18(23)20-13(2)22)11-14-7-3-4-9-17(14)24-19/h3-11H,1-2H3,(H,20,22,23). The van der Waals surface area contributed by atoms with Crippen LogP contribution in [-0.4, -0.2) is 11.8 Å². The van der Waals surface area contributed by atoms with E-state index in [1.807, 2.05) is 49.4 Å². The van der Waals surface area contributed by atoms with E-state index in [4.69, 9.17) is 4.42 Å². The fourth-order valence-electron chi connectivity index (χ4n) is 2.36. The van der Waals surface area contributed by atoms with Gasteiger partial charge in [-0.2, -0.15) is 0 Å². The van der Waals surface area contributed by atoms with Gasteiger partial charge >= 0.3 is 0 Å². The number of hydrogen-bond acceptors (Lipinski definition) is 4. The molecule has 24 heavy (non-hydrogen) atoms. The number of nitrogens with one attached hydrogen (secondary N) is 1. The Morgan fingerprint density at radius 2 is 1.83 bits per heavy atom. The number of fused-ring (bicyclic) bond motifs is 1. The van der Waals surface area contributed by atoms with Crippen molar-refractivity contribution in [1.82, 2.24) is 5.32 Å². The highest BCUT2D eigenvalue weighted by molar-refractivity contribution is 6.05. The van der Waals surface area contributed by atoms with Crippen molar-refractivity contribution < 1.29 is 14.0 Å². The zero-order chi connectivity index (χ0) is 17.1. The molecule has 0 aliphatic rings. The first-order valence-corrected chi connectivity index (χ1v) is 7.49. The van der Waals surface area contributed by atoms with Crippen LogP contribution in [0.2, 0.25) is 0 Å². The van der Waals surface area contributed by atoms with Gasteiger partial charge in [0.25, 0.3) is 5.91 Å². The second-order valence-electron chi connectivity index (χ2n) is 5.46. The van der Waals surface area contributed by atoms with Crippen LogP contribution < -0.4 is 10.9 Å². The summed E-state index contributed by atoms with van der Waals surface area (Å²) in [4.78, 5) is 28.0. The Bertz CT molecular complexity index is 1000. The number of aryl methyl sites for hydroxylation is 1. The van der Waals surface area contributed by atoms with E-state index in [1.54, 1.807) is 12.1 Å². The van der Waals surface area contributed by atoms with Crippen LogP contribution in [0.1, 0.15) is 22.8 Å². The largest absolute Gasteiger partial charge is 0.438 e. The highest BCUT2D eigenvalue weighted by Crippen LogP contribution is 2.16. The predicted octanol–water partition coefficient (Wildman–Crippen LogP) is 3.25. The minimum atomic E-state index is -0.539. The molecule has 0 atom stereocenters. The Labute approximate surface area is 138 Å². The van der Waals surface area contributed by atoms with Gasteiger partial charge in [-0.15, -0.1) is 0 Å². The SMILES string of the molecule is CC(=O)NC(=O)c1cc2ccccc2oc1=Nc1cccc(C)c1. The van der Waals surface area contributed by atoms with Gasteiger partial charge in [0.1, 0.15) is 11.1 Å². The molecule has 0 unspecified atom stereocenters. The number of imide groups is 1. The first-order chi connectivity index (χ1) is 11.5. The summed E-state index contributed by atoms with van der Waals surface area (Å²) in [6.07, 6.45) is 0. The summed E-state index contributed by atoms with van der Waals surface area (Å²) in [5.41, 5.74) is 2.71. The van der Waals surface area contributed by atoms with Gasteiger partial charge < -0.3 is 4.42 Å². The fourth-order valence-corrected chi connectivity index (χ4v) is 2.36. The summed E-state index contributed by atoms with van der Waals surface area (Å²) in [6.45, 7) is 3.24. The van der Waals surface area contributed by atoms with Gasteiger partial charge in [0.15, 0.2) is 0 Å². The second-order valence-corrected chi connectivity index (χ2v) is 5.46. The van der Waals surface area contributed by atoms with Crippen molar-refractivity contribution in [1.29, 1.82) is 0 Å². The average Bonchev–Trinajstić information content (AvgIpc) is 2.53. The predicted molar refractivity (Wildman–Crippen MR) is 90.8 cm³/mol. The third kappa shape index (κ3) is 3.41. The van der Waals surface area contributed by atoms with Crippen LogP contribution in [0.15, 0.2) is 64.0 Å². The maximum absolute atomic E-state index is 12.3. The summed E-state index contributed by atoms with van der Waals surface area (Å²) in [5, 5.41) is 3.02. The highest BCUT2D eigenvalue weighted by atomic mass is 16.3. The molecule has 5 nitrogen and oxygen atoms in total. The molecule has 0 radical (unpaired) electrons. The van der Waals surface area contributed by atoms with Crippen molar-refractivity contribution in [3.8, 4) is 0 Å². The quantitative estimate of drug-likeness (QED) is 0.788. The molecular weight excluding hydrogens is 304 g/mol. The summed E-state index contributed by atoms with van der Waals surface area (Å²) in [6, 6.07) is 16.6. The van der Waals surface area contributed by atoms with Crippen LogP contribution in [0.3, 0.4) is 0 Å². The van der Waals surface area contributed by atoms with Gasteiger partial charge in [-0.05, 0) is 36.8 Å². The van der Waals surface area contributed by atoms with Gasteiger partial charge in [0.05, 0.1) is 5.69 Å². The minimum absolute atomic E-state index is 0.165. The van der Waals surface area contributed by atoms with Crippen LogP contribution >= 0.6 is 0 Å². The van der Waals surface area contributed by atoms with E-state index in [0.717, 1.165) is 10.9 Å². The first-order valence-electron chi connectivity index (χ1n) is 7.49. The molecular formula is C19H16N2O3. The molecule has 0 saturated carbocycles. The monoisotopic (exact) mass is 320 g/mol. The molecule has 0 bridgehead atoms. The Hall–Kier alpha value is -3.21. The maximum atomic E-state index is 12.3. The molecule has 3 aromatic rings. The minimum Gasteiger partial charge on any atom is -0.438 e. The summed E-state index contributed by atoms with van der Waals surface area (Å²) in [7, 11) is 0. The normalized spacial score (nSPS) is 11.5. The second kappa shape index (κ2) is 6.50. The van der Waals surface area contributed by atoms with E-state index in [-0.39, 0.29) is 11.1 Å². The molecule has 2 amide bonds. The number of amides is 2. The van der Waals surface area contributed by atoms with Crippen LogP contribution in [0, 0.1) is 6.92 Å². The molecule has 120 valence electrons. The topological polar surface area (TPSA) is 71.7 Å². The Kier molecular flexibility index (Phi) is 4.24. The number of nitrogens with zero attached hydrogens (tertiary/aromatic N) is 1. The lowest BCUT2D eigenvalue weighted by Gasteiger charge is -2.04. The van der Waals surface area contributed by atoms with Crippen LogP contribution in [0.4, 0.5) is 5.69 Å². The molecule has 0 aliphatic carbocycles. The third-order valence-corrected chi connectivity index (χ3v) is 3.42. The van der Waals surface area contributed by atoms with E-state index in [2.05, 4.69) is 10.3 Å². The Morgan fingerprint density at radius 3 is 2.58 bits per heavy atom. The van der Waals surface area contributed by atoms with Crippen molar-refractivity contribution in [2.24, 2.45) is 4.99 Å². The van der Waals surface area contributed by atoms with Crippen molar-refractivity contribution >= 4 is 28.5 Å². The summed E-state index contributed by atoms with van der Waals surface area (Å²) < 4.78 is 5.80. The number of benzene rings is 2. The van der Waals surface area contributed by atoms with Crippen LogP contribution in [0.25, 0.3) is 11.0 Å². The Balaban J connectivity index is 2.23. The maximum Gasteiger partial charge on any atom is 0.263 e. The highest BCUT2D eigenvalue weighted by Gasteiger charge is 2.13. The average molecular weight is 320 g/mol. The number of rotatable bonds is 2. The van der Waals surface area contributed by atoms with Crippen LogP contribution in [-0.2, 0) is 4.79 Å². The van der Waals surface area contributed by atoms with Gasteiger partial charge in [-0.25, -0.2) is 4.99 Å². The zero-order valence-electron chi connectivity index (χ0n) is 13.4. The van der Waals surface area contributed by atoms with E-state index in [1.165, 1.54) is 6.92 Å². The van der Waals surface area contributed by atoms with E-state index < -0.39 is 11.8 Å². The molecule has 5 heteroatoms. The smallest absolute Gasteiger partial charge is 0.263 e. The number of para-hydroxylation sites is 1. The van der Waals surface area contributed by atoms with Crippen molar-refractivity contribution in [3.05, 3.63) is 71.3 Å². The van der Waals surface area contributed by atoms with Crippen molar-refractivity contribution in [3.63, 3.8) is 0 Å². The molecule has 0 fully saturated rings. The molecule has 1 heterocycles. The van der Waals surface area contributed by atoms with Gasteiger partial charge in [0.2, 0.25) is 11.5 Å². The van der Waals surface area contributed by atoms with E-state index >= 15 is 0 Å². The summed E-state index contributed by atoms with van der Waals surface area (Å²) >= 11 is 0. The third-order valence-electron chi connectivity index (χ3n) is 3.42. The number of carbonyl (C=O) groups is 2. The van der Waals surface area contributed by atoms with E-state index in [0.29, 0.717) is 11.3 Å². The molecule has 0 spiro atoms. The van der Waals surface area contributed by atoms with Gasteiger partial charge in [0, 0.05) is 12.3 Å². The fraction of sp³-hybridized carbons (Fsp3) is 0.105. The lowest BCUT2D eigenvalue weighted by atomic mass is 10.1. The molecule has 0 saturated heterocycles. The van der Waals surface area contributed by atoms with Gasteiger partial charge in [-0.3, -0.25) is 14.9 Å². The summed E-state index contributed by atoms with van der Waals surface area (Å²) in [5.74, 6) is -0.974. The lowest BCUT2D eigenvalue weighted by Crippen LogP contribution is -2.32. The van der Waals surface area contributed by atoms with Crippen LogP contribution in [0.5, 0.6) is 0 Å². The zero-order valence-corrected chi connectivity index (χ0v) is 13.4. The molecule has 1 aromatic heterocycles. The molecule has 3 rings (SSSR count). The van der Waals surface area contributed by atoms with Crippen molar-refractivity contribution in [2.75, 3.05) is 0 Å². The van der Waals surface area contributed by atoms with Gasteiger partial charge in [-0.1, -0.05) is 30.3 Å². The lowest BCUT2D eigenvalue weighted by molar-refractivity contribution is -0.118. The molecule has 2 aromatic carbocycles. The number of hydrogen-bond donors (Lipinski definition) is 1. The Morgan fingerprint density at radius 1 is 1.04 bits per heavy atom. The van der Waals surface area contributed by atoms with Crippen molar-refractivity contribution in [2.45, 2.75) is 13.8 Å².